The van der Waals surface area contributed by atoms with Crippen molar-refractivity contribution in [3.05, 3.63) is 53.9 Å². The Morgan fingerprint density at radius 2 is 2.03 bits per heavy atom. The SMILES string of the molecule is COc1cc(F)cc(F)c1-c1nccc(Nc2cc(N3CCC[C@H](N)C3)c(C#CC3(O)CCOCC3)cn2)n1. The highest BCUT2D eigenvalue weighted by Crippen LogP contribution is 2.32. The first-order valence-electron chi connectivity index (χ1n) is 12.8. The topological polar surface area (TPSA) is 119 Å². The Balaban J connectivity index is 1.46. The molecular formula is C28H30F2N6O3. The maximum atomic E-state index is 14.6. The van der Waals surface area contributed by atoms with Crippen molar-refractivity contribution in [3.8, 4) is 29.0 Å². The lowest BCUT2D eigenvalue weighted by Crippen LogP contribution is -2.43. The Morgan fingerprint density at radius 3 is 2.79 bits per heavy atom. The van der Waals surface area contributed by atoms with Crippen LogP contribution in [0.3, 0.4) is 0 Å². The van der Waals surface area contributed by atoms with Crippen LogP contribution in [-0.4, -0.2) is 65.1 Å². The van der Waals surface area contributed by atoms with E-state index in [1.807, 2.05) is 6.07 Å². The average molecular weight is 537 g/mol. The Hall–Kier alpha value is -3.85. The van der Waals surface area contributed by atoms with Gasteiger partial charge in [0, 0.05) is 62.6 Å². The first kappa shape index (κ1) is 26.7. The van der Waals surface area contributed by atoms with E-state index in [2.05, 4.69) is 37.0 Å². The van der Waals surface area contributed by atoms with Crippen LogP contribution in [0, 0.1) is 23.5 Å². The molecule has 0 amide bonds. The molecule has 2 aliphatic rings. The Labute approximate surface area is 225 Å². The number of ether oxygens (including phenoxy) is 2. The molecule has 0 saturated carbocycles. The third-order valence-corrected chi connectivity index (χ3v) is 6.80. The smallest absolute Gasteiger partial charge is 0.168 e. The van der Waals surface area contributed by atoms with E-state index in [-0.39, 0.29) is 23.2 Å². The fraction of sp³-hybridized carbons (Fsp3) is 0.393. The van der Waals surface area contributed by atoms with Crippen molar-refractivity contribution < 1.29 is 23.4 Å². The Morgan fingerprint density at radius 1 is 1.21 bits per heavy atom. The van der Waals surface area contributed by atoms with Crippen molar-refractivity contribution in [3.63, 3.8) is 0 Å². The number of nitrogens with two attached hydrogens (primary N) is 1. The summed E-state index contributed by atoms with van der Waals surface area (Å²) in [6, 6.07) is 5.35. The van der Waals surface area contributed by atoms with Gasteiger partial charge in [-0.05, 0) is 18.9 Å². The van der Waals surface area contributed by atoms with Gasteiger partial charge in [0.1, 0.15) is 34.6 Å². The van der Waals surface area contributed by atoms with Gasteiger partial charge in [-0.2, -0.15) is 0 Å². The maximum Gasteiger partial charge on any atom is 0.168 e. The quantitative estimate of drug-likeness (QED) is 0.422. The molecule has 0 bridgehead atoms. The summed E-state index contributed by atoms with van der Waals surface area (Å²) in [5.41, 5.74) is 6.63. The summed E-state index contributed by atoms with van der Waals surface area (Å²) in [6.07, 6.45) is 5.91. The zero-order valence-corrected chi connectivity index (χ0v) is 21.6. The van der Waals surface area contributed by atoms with Crippen molar-refractivity contribution in [2.45, 2.75) is 37.3 Å². The third kappa shape index (κ3) is 6.25. The molecule has 2 fully saturated rings. The van der Waals surface area contributed by atoms with Crippen LogP contribution in [0.15, 0.2) is 36.7 Å². The second kappa shape index (κ2) is 11.5. The first-order chi connectivity index (χ1) is 18.8. The fourth-order valence-electron chi connectivity index (χ4n) is 4.73. The number of aliphatic hydroxyl groups is 1. The minimum Gasteiger partial charge on any atom is -0.496 e. The number of nitrogens with one attached hydrogen (secondary N) is 1. The van der Waals surface area contributed by atoms with E-state index in [1.165, 1.54) is 13.3 Å². The van der Waals surface area contributed by atoms with Crippen LogP contribution >= 0.6 is 0 Å². The highest BCUT2D eigenvalue weighted by molar-refractivity contribution is 5.69. The summed E-state index contributed by atoms with van der Waals surface area (Å²) in [7, 11) is 1.32. The van der Waals surface area contributed by atoms with Crippen LogP contribution < -0.4 is 20.7 Å². The highest BCUT2D eigenvalue weighted by atomic mass is 19.1. The average Bonchev–Trinajstić information content (AvgIpc) is 2.92. The summed E-state index contributed by atoms with van der Waals surface area (Å²) < 4.78 is 38.8. The van der Waals surface area contributed by atoms with Gasteiger partial charge in [0.15, 0.2) is 5.82 Å². The van der Waals surface area contributed by atoms with Crippen molar-refractivity contribution in [2.75, 3.05) is 43.6 Å². The molecule has 0 radical (unpaired) electrons. The summed E-state index contributed by atoms with van der Waals surface area (Å²) >= 11 is 0. The lowest BCUT2D eigenvalue weighted by atomic mass is 9.95. The number of nitrogens with zero attached hydrogens (tertiary/aromatic N) is 4. The standard InChI is InChI=1S/C28H30F2N6O3/c1-38-23-14-19(29)13-21(30)26(23)27-32-9-5-24(35-27)34-25-15-22(36-10-2-3-20(31)17-36)18(16-33-25)4-6-28(37)7-11-39-12-8-28/h5,9,13-16,20,37H,2-3,7-8,10-12,17,31H2,1H3,(H,32,33,34,35)/t20-/m0/s1. The van der Waals surface area contributed by atoms with Crippen molar-refractivity contribution in [1.82, 2.24) is 15.0 Å². The number of halogens is 2. The van der Waals surface area contributed by atoms with Crippen molar-refractivity contribution >= 4 is 17.3 Å². The highest BCUT2D eigenvalue weighted by Gasteiger charge is 2.28. The largest absolute Gasteiger partial charge is 0.496 e. The van der Waals surface area contributed by atoms with E-state index >= 15 is 0 Å². The van der Waals surface area contributed by atoms with Crippen LogP contribution in [0.2, 0.25) is 0 Å². The molecule has 2 aromatic heterocycles. The van der Waals surface area contributed by atoms with Gasteiger partial charge >= 0.3 is 0 Å². The molecule has 1 atom stereocenters. The van der Waals surface area contributed by atoms with E-state index in [1.54, 1.807) is 12.3 Å². The first-order valence-corrected chi connectivity index (χ1v) is 12.8. The lowest BCUT2D eigenvalue weighted by molar-refractivity contribution is -0.0261. The van der Waals surface area contributed by atoms with Gasteiger partial charge < -0.3 is 30.5 Å². The maximum absolute atomic E-state index is 14.6. The monoisotopic (exact) mass is 536 g/mol. The van der Waals surface area contributed by atoms with Crippen LogP contribution in [0.1, 0.15) is 31.2 Å². The number of hydrogen-bond donors (Lipinski definition) is 3. The fourth-order valence-corrected chi connectivity index (χ4v) is 4.73. The van der Waals surface area contributed by atoms with E-state index in [4.69, 9.17) is 15.2 Å². The number of aromatic nitrogens is 3. The molecule has 4 heterocycles. The molecule has 0 aliphatic carbocycles. The number of hydrogen-bond acceptors (Lipinski definition) is 9. The zero-order valence-electron chi connectivity index (χ0n) is 21.6. The number of methoxy groups -OCH3 is 1. The van der Waals surface area contributed by atoms with Crippen LogP contribution in [0.5, 0.6) is 5.75 Å². The van der Waals surface area contributed by atoms with E-state index < -0.39 is 17.2 Å². The number of anilines is 3. The molecule has 0 spiro atoms. The van der Waals surface area contributed by atoms with Gasteiger partial charge in [-0.15, -0.1) is 0 Å². The van der Waals surface area contributed by atoms with Gasteiger partial charge in [-0.3, -0.25) is 0 Å². The third-order valence-electron chi connectivity index (χ3n) is 6.80. The molecule has 39 heavy (non-hydrogen) atoms. The predicted molar refractivity (Wildman–Crippen MR) is 143 cm³/mol. The lowest BCUT2D eigenvalue weighted by Gasteiger charge is -2.33. The minimum absolute atomic E-state index is 0.0133. The minimum atomic E-state index is -1.10. The summed E-state index contributed by atoms with van der Waals surface area (Å²) in [4.78, 5) is 15.2. The van der Waals surface area contributed by atoms with Crippen LogP contribution in [0.25, 0.3) is 11.4 Å². The van der Waals surface area contributed by atoms with Gasteiger partial charge in [0.2, 0.25) is 0 Å². The molecular weight excluding hydrogens is 506 g/mol. The molecule has 3 aromatic rings. The van der Waals surface area contributed by atoms with Crippen LogP contribution in [0.4, 0.5) is 26.1 Å². The predicted octanol–water partition coefficient (Wildman–Crippen LogP) is 3.39. The molecule has 204 valence electrons. The molecule has 2 aliphatic heterocycles. The molecule has 2 saturated heterocycles. The molecule has 5 rings (SSSR count). The second-order valence-electron chi connectivity index (χ2n) is 9.68. The number of rotatable bonds is 5. The summed E-state index contributed by atoms with van der Waals surface area (Å²) in [5.74, 6) is 5.44. The van der Waals surface area contributed by atoms with E-state index in [0.717, 1.165) is 37.2 Å². The van der Waals surface area contributed by atoms with Gasteiger partial charge in [0.25, 0.3) is 0 Å². The molecule has 4 N–H and O–H groups in total. The van der Waals surface area contributed by atoms with Gasteiger partial charge in [-0.25, -0.2) is 23.7 Å². The van der Waals surface area contributed by atoms with E-state index in [9.17, 15) is 13.9 Å². The molecule has 9 nitrogen and oxygen atoms in total. The van der Waals surface area contributed by atoms with E-state index in [0.29, 0.717) is 49.8 Å². The van der Waals surface area contributed by atoms with Gasteiger partial charge in [-0.1, -0.05) is 11.8 Å². The van der Waals surface area contributed by atoms with Crippen molar-refractivity contribution in [1.29, 1.82) is 0 Å². The van der Waals surface area contributed by atoms with Gasteiger partial charge in [0.05, 0.1) is 37.1 Å². The summed E-state index contributed by atoms with van der Waals surface area (Å²) in [5, 5.41) is 14.0. The molecule has 11 heteroatoms. The second-order valence-corrected chi connectivity index (χ2v) is 9.68. The Kier molecular flexibility index (Phi) is 7.88. The number of piperidine rings is 1. The number of pyridine rings is 1. The Bertz CT molecular complexity index is 1400. The number of benzene rings is 1. The summed E-state index contributed by atoms with van der Waals surface area (Å²) in [6.45, 7) is 2.41. The van der Waals surface area contributed by atoms with Crippen molar-refractivity contribution in [2.24, 2.45) is 5.73 Å². The zero-order chi connectivity index (χ0) is 27.4. The molecule has 0 unspecified atom stereocenters. The van der Waals surface area contributed by atoms with Crippen LogP contribution in [-0.2, 0) is 4.74 Å². The molecule has 1 aromatic carbocycles. The normalized spacial score (nSPS) is 18.7.